The topological polar surface area (TPSA) is 40.5 Å². The van der Waals surface area contributed by atoms with Gasteiger partial charge in [0.15, 0.2) is 0 Å². The van der Waals surface area contributed by atoms with E-state index in [1.165, 1.54) is 16.7 Å². The lowest BCUT2D eigenvalue weighted by molar-refractivity contribution is 0.445. The molecule has 164 valence electrons. The van der Waals surface area contributed by atoms with Crippen LogP contribution in [-0.4, -0.2) is 10.2 Å². The minimum atomic E-state index is -0.172. The van der Waals surface area contributed by atoms with Gasteiger partial charge in [-0.1, -0.05) is 84.0 Å². The van der Waals surface area contributed by atoms with Gasteiger partial charge in [-0.3, -0.25) is 0 Å². The summed E-state index contributed by atoms with van der Waals surface area (Å²) in [7, 11) is 0. The first kappa shape index (κ1) is 22.9. The first-order valence-electron chi connectivity index (χ1n) is 11.0. The lowest BCUT2D eigenvalue weighted by Gasteiger charge is -2.29. The van der Waals surface area contributed by atoms with Gasteiger partial charge in [0.05, 0.1) is 0 Å². The number of rotatable bonds is 3. The number of aromatic hydroxyl groups is 2. The highest BCUT2D eigenvalue weighted by molar-refractivity contribution is 5.56. The van der Waals surface area contributed by atoms with E-state index in [9.17, 15) is 10.2 Å². The van der Waals surface area contributed by atoms with Crippen molar-refractivity contribution in [1.82, 2.24) is 0 Å². The molecule has 0 spiro atoms. The first-order chi connectivity index (χ1) is 14.3. The Morgan fingerprint density at radius 3 is 1.35 bits per heavy atom. The van der Waals surface area contributed by atoms with Crippen molar-refractivity contribution in [2.45, 2.75) is 72.1 Å². The summed E-state index contributed by atoms with van der Waals surface area (Å²) in [6, 6.07) is 18.6. The molecular weight excluding hydrogens is 380 g/mol. The highest BCUT2D eigenvalue weighted by atomic mass is 16.3. The summed E-state index contributed by atoms with van der Waals surface area (Å²) in [6.45, 7) is 16.9. The lowest BCUT2D eigenvalue weighted by atomic mass is 9.75. The van der Waals surface area contributed by atoms with E-state index in [2.05, 4.69) is 91.8 Å². The second-order valence-electron chi connectivity index (χ2n) is 10.8. The molecule has 0 fully saturated rings. The molecule has 0 saturated heterocycles. The normalized spacial score (nSPS) is 12.4. The average Bonchev–Trinajstić information content (AvgIpc) is 2.64. The molecule has 3 aromatic carbocycles. The van der Waals surface area contributed by atoms with Crippen molar-refractivity contribution in [3.8, 4) is 11.5 Å². The minimum Gasteiger partial charge on any atom is -0.508 e. The van der Waals surface area contributed by atoms with E-state index in [1.807, 2.05) is 18.2 Å². The van der Waals surface area contributed by atoms with Crippen LogP contribution >= 0.6 is 0 Å². The SMILES string of the molecule is Cc1cc(O)c(C(C)(C)C)cc1C(c1ccccc1)c1cc(C(C)(C)C)c(O)cc1C. The van der Waals surface area contributed by atoms with Crippen molar-refractivity contribution in [1.29, 1.82) is 0 Å². The maximum atomic E-state index is 10.7. The number of hydrogen-bond acceptors (Lipinski definition) is 2. The molecule has 0 bridgehead atoms. The molecule has 0 saturated carbocycles. The van der Waals surface area contributed by atoms with Crippen LogP contribution in [0.2, 0.25) is 0 Å². The fraction of sp³-hybridized carbons (Fsp3) is 0.379. The smallest absolute Gasteiger partial charge is 0.119 e. The van der Waals surface area contributed by atoms with Crippen LogP contribution in [-0.2, 0) is 10.8 Å². The quantitative estimate of drug-likeness (QED) is 0.434. The Labute approximate surface area is 187 Å². The van der Waals surface area contributed by atoms with Gasteiger partial charge in [-0.05, 0) is 75.8 Å². The van der Waals surface area contributed by atoms with Crippen molar-refractivity contribution in [2.75, 3.05) is 0 Å². The van der Waals surface area contributed by atoms with Crippen LogP contribution in [0.15, 0.2) is 54.6 Å². The molecule has 3 rings (SSSR count). The molecule has 0 aliphatic carbocycles. The Bertz CT molecular complexity index is 1010. The molecule has 2 heteroatoms. The molecule has 0 aromatic heterocycles. The molecule has 0 radical (unpaired) electrons. The van der Waals surface area contributed by atoms with E-state index in [0.717, 1.165) is 22.3 Å². The summed E-state index contributed by atoms with van der Waals surface area (Å²) in [6.07, 6.45) is 0. The van der Waals surface area contributed by atoms with E-state index in [4.69, 9.17) is 0 Å². The van der Waals surface area contributed by atoms with Crippen LogP contribution in [0.5, 0.6) is 11.5 Å². The predicted octanol–water partition coefficient (Wildman–Crippen LogP) is 7.49. The molecule has 31 heavy (non-hydrogen) atoms. The van der Waals surface area contributed by atoms with Crippen LogP contribution < -0.4 is 0 Å². The fourth-order valence-corrected chi connectivity index (χ4v) is 4.41. The molecule has 2 nitrogen and oxygen atoms in total. The number of hydrogen-bond donors (Lipinski definition) is 2. The van der Waals surface area contributed by atoms with Crippen molar-refractivity contribution in [2.24, 2.45) is 0 Å². The van der Waals surface area contributed by atoms with Crippen molar-refractivity contribution < 1.29 is 10.2 Å². The molecular formula is C29H36O2. The standard InChI is InChI=1S/C29H36O2/c1-18-14-25(30)23(28(3,4)5)16-21(18)27(20-12-10-9-11-13-20)22-17-24(29(6,7)8)26(31)15-19(22)2/h9-17,27,30-31H,1-8H3. The van der Waals surface area contributed by atoms with Gasteiger partial charge >= 0.3 is 0 Å². The highest BCUT2D eigenvalue weighted by Gasteiger charge is 2.28. The van der Waals surface area contributed by atoms with E-state index >= 15 is 0 Å². The Morgan fingerprint density at radius 2 is 1.00 bits per heavy atom. The third kappa shape index (κ3) is 4.63. The zero-order valence-corrected chi connectivity index (χ0v) is 20.2. The zero-order valence-electron chi connectivity index (χ0n) is 20.2. The number of phenols is 2. The summed E-state index contributed by atoms with van der Waals surface area (Å²) in [5, 5.41) is 21.4. The van der Waals surface area contributed by atoms with Gasteiger partial charge in [0, 0.05) is 5.92 Å². The predicted molar refractivity (Wildman–Crippen MR) is 130 cm³/mol. The van der Waals surface area contributed by atoms with Gasteiger partial charge in [0.1, 0.15) is 11.5 Å². The average molecular weight is 417 g/mol. The van der Waals surface area contributed by atoms with Crippen LogP contribution in [0.1, 0.15) is 86.4 Å². The largest absolute Gasteiger partial charge is 0.508 e. The Balaban J connectivity index is 2.36. The Morgan fingerprint density at radius 1 is 0.613 bits per heavy atom. The molecule has 0 unspecified atom stereocenters. The van der Waals surface area contributed by atoms with E-state index in [0.29, 0.717) is 11.5 Å². The number of phenolic OH excluding ortho intramolecular Hbond substituents is 2. The van der Waals surface area contributed by atoms with E-state index in [1.54, 1.807) is 0 Å². The van der Waals surface area contributed by atoms with Gasteiger partial charge in [-0.15, -0.1) is 0 Å². The maximum absolute atomic E-state index is 10.7. The first-order valence-corrected chi connectivity index (χ1v) is 11.0. The third-order valence-electron chi connectivity index (χ3n) is 6.14. The van der Waals surface area contributed by atoms with Crippen LogP contribution in [0.3, 0.4) is 0 Å². The summed E-state index contributed by atoms with van der Waals surface area (Å²) in [5.74, 6) is 0.696. The van der Waals surface area contributed by atoms with Crippen molar-refractivity contribution in [3.63, 3.8) is 0 Å². The second-order valence-corrected chi connectivity index (χ2v) is 10.8. The van der Waals surface area contributed by atoms with Gasteiger partial charge in [-0.25, -0.2) is 0 Å². The summed E-state index contributed by atoms with van der Waals surface area (Å²) in [5.41, 5.74) is 7.23. The zero-order chi connectivity index (χ0) is 23.1. The van der Waals surface area contributed by atoms with Crippen molar-refractivity contribution >= 4 is 0 Å². The number of aryl methyl sites for hydroxylation is 2. The van der Waals surface area contributed by atoms with Gasteiger partial charge < -0.3 is 10.2 Å². The molecule has 0 atom stereocenters. The van der Waals surface area contributed by atoms with Crippen LogP contribution in [0.4, 0.5) is 0 Å². The molecule has 0 heterocycles. The van der Waals surface area contributed by atoms with E-state index < -0.39 is 0 Å². The molecule has 0 amide bonds. The third-order valence-corrected chi connectivity index (χ3v) is 6.14. The molecule has 3 aromatic rings. The molecule has 2 N–H and O–H groups in total. The monoisotopic (exact) mass is 416 g/mol. The summed E-state index contributed by atoms with van der Waals surface area (Å²) in [4.78, 5) is 0. The lowest BCUT2D eigenvalue weighted by Crippen LogP contribution is -2.16. The minimum absolute atomic E-state index is 0.00426. The maximum Gasteiger partial charge on any atom is 0.119 e. The fourth-order valence-electron chi connectivity index (χ4n) is 4.41. The van der Waals surface area contributed by atoms with Crippen LogP contribution in [0, 0.1) is 13.8 Å². The second kappa shape index (κ2) is 8.07. The van der Waals surface area contributed by atoms with Gasteiger partial charge in [0.25, 0.3) is 0 Å². The Kier molecular flexibility index (Phi) is 5.97. The summed E-state index contributed by atoms with van der Waals surface area (Å²) < 4.78 is 0. The van der Waals surface area contributed by atoms with Crippen molar-refractivity contribution in [3.05, 3.63) is 93.5 Å². The van der Waals surface area contributed by atoms with E-state index in [-0.39, 0.29) is 16.7 Å². The molecule has 0 aliphatic rings. The van der Waals surface area contributed by atoms with Crippen LogP contribution in [0.25, 0.3) is 0 Å². The highest BCUT2D eigenvalue weighted by Crippen LogP contribution is 2.43. The molecule has 0 aliphatic heterocycles. The van der Waals surface area contributed by atoms with Gasteiger partial charge in [0.2, 0.25) is 0 Å². The van der Waals surface area contributed by atoms with Gasteiger partial charge in [-0.2, -0.15) is 0 Å². The number of benzene rings is 3. The Hall–Kier alpha value is -2.74. The summed E-state index contributed by atoms with van der Waals surface area (Å²) >= 11 is 0.